The van der Waals surface area contributed by atoms with Crippen LogP contribution in [0.4, 0.5) is 5.00 Å². The lowest BCUT2D eigenvalue weighted by Gasteiger charge is -2.27. The summed E-state index contributed by atoms with van der Waals surface area (Å²) in [6.45, 7) is 3.01. The molecule has 1 N–H and O–H groups in total. The van der Waals surface area contributed by atoms with Crippen LogP contribution in [-0.4, -0.2) is 35.4 Å². The fourth-order valence-electron chi connectivity index (χ4n) is 4.40. The van der Waals surface area contributed by atoms with Crippen LogP contribution in [0.1, 0.15) is 52.9 Å². The molecule has 3 heterocycles. The quantitative estimate of drug-likeness (QED) is 0.497. The molecule has 8 heteroatoms. The lowest BCUT2D eigenvalue weighted by Crippen LogP contribution is -2.35. The first-order valence-electron chi connectivity index (χ1n) is 11.6. The van der Waals surface area contributed by atoms with Gasteiger partial charge in [-0.1, -0.05) is 31.2 Å². The summed E-state index contributed by atoms with van der Waals surface area (Å²) in [5, 5.41) is 13.3. The van der Waals surface area contributed by atoms with Crippen molar-refractivity contribution in [2.45, 2.75) is 45.1 Å². The van der Waals surface area contributed by atoms with E-state index in [0.29, 0.717) is 42.9 Å². The molecule has 3 aromatic rings. The van der Waals surface area contributed by atoms with E-state index < -0.39 is 0 Å². The minimum absolute atomic E-state index is 0.0431. The molecule has 0 saturated carbocycles. The Balaban J connectivity index is 1.40. The van der Waals surface area contributed by atoms with Crippen molar-refractivity contribution in [1.82, 2.24) is 9.88 Å². The van der Waals surface area contributed by atoms with Gasteiger partial charge in [0.2, 0.25) is 11.8 Å². The number of aromatic nitrogens is 1. The molecular weight excluding hydrogens is 460 g/mol. The van der Waals surface area contributed by atoms with E-state index >= 15 is 0 Å². The number of aryl methyl sites for hydroxylation is 1. The maximum absolute atomic E-state index is 12.8. The number of nitrogens with zero attached hydrogens (tertiary/aromatic N) is 3. The number of fused-ring (bicyclic) bond motifs is 1. The molecule has 0 fully saturated rings. The molecule has 1 aromatic carbocycles. The lowest BCUT2D eigenvalue weighted by atomic mass is 9.96. The predicted octanol–water partition coefficient (Wildman–Crippen LogP) is 4.67. The van der Waals surface area contributed by atoms with E-state index in [4.69, 9.17) is 4.74 Å². The summed E-state index contributed by atoms with van der Waals surface area (Å²) in [5.74, 6) is 0.634. The Hall–Kier alpha value is -3.70. The average Bonchev–Trinajstić information content (AvgIpc) is 3.23. The third-order valence-electron chi connectivity index (χ3n) is 6.26. The van der Waals surface area contributed by atoms with Crippen molar-refractivity contribution in [3.05, 3.63) is 75.9 Å². The third-order valence-corrected chi connectivity index (χ3v) is 7.39. The summed E-state index contributed by atoms with van der Waals surface area (Å²) in [5.41, 5.74) is 3.33. The Labute approximate surface area is 209 Å². The summed E-state index contributed by atoms with van der Waals surface area (Å²) in [6, 6.07) is 15.6. The minimum atomic E-state index is -0.151. The Morgan fingerprint density at radius 1 is 1.26 bits per heavy atom. The second-order valence-electron chi connectivity index (χ2n) is 8.60. The van der Waals surface area contributed by atoms with Crippen LogP contribution in [0.25, 0.3) is 0 Å². The van der Waals surface area contributed by atoms with E-state index in [2.05, 4.69) is 16.4 Å². The monoisotopic (exact) mass is 488 g/mol. The Bertz CT molecular complexity index is 1250. The van der Waals surface area contributed by atoms with Gasteiger partial charge in [-0.05, 0) is 48.1 Å². The smallest absolute Gasteiger partial charge is 0.225 e. The Morgan fingerprint density at radius 3 is 2.80 bits per heavy atom. The Kier molecular flexibility index (Phi) is 7.78. The van der Waals surface area contributed by atoms with Crippen LogP contribution in [0, 0.1) is 11.3 Å². The van der Waals surface area contributed by atoms with Crippen LogP contribution in [-0.2, 0) is 29.0 Å². The fraction of sp³-hybridized carbons (Fsp3) is 0.333. The Morgan fingerprint density at radius 2 is 2.06 bits per heavy atom. The van der Waals surface area contributed by atoms with Gasteiger partial charge in [-0.15, -0.1) is 11.3 Å². The van der Waals surface area contributed by atoms with Gasteiger partial charge >= 0.3 is 0 Å². The normalized spacial score (nSPS) is 13.5. The first kappa shape index (κ1) is 24.4. The number of nitriles is 1. The molecule has 0 unspecified atom stereocenters. The van der Waals surface area contributed by atoms with E-state index in [1.165, 1.54) is 11.3 Å². The molecule has 7 nitrogen and oxygen atoms in total. The number of carbonyl (C=O) groups is 2. The van der Waals surface area contributed by atoms with Gasteiger partial charge in [-0.25, -0.2) is 0 Å². The molecule has 4 rings (SSSR count). The molecule has 0 bridgehead atoms. The molecule has 35 heavy (non-hydrogen) atoms. The number of carbonyl (C=O) groups excluding carboxylic acids is 2. The highest BCUT2D eigenvalue weighted by atomic mass is 32.1. The zero-order valence-corrected chi connectivity index (χ0v) is 20.7. The number of pyridine rings is 1. The second-order valence-corrected chi connectivity index (χ2v) is 9.71. The highest BCUT2D eigenvalue weighted by molar-refractivity contribution is 7.16. The van der Waals surface area contributed by atoms with Crippen LogP contribution in [0.3, 0.4) is 0 Å². The standard InChI is InChI=1S/C27H28N4O3S/c1-18(20-8-3-4-9-23(20)34-2)15-25(32)30-27-22(16-28)21-12-14-31(17-24(21)35-27)26(33)11-10-19-7-5-6-13-29-19/h3-9,13,18H,10-12,14-15,17H2,1-2H3,(H,30,32)/t18-/m0/s1. The number of methoxy groups -OCH3 is 1. The molecule has 0 radical (unpaired) electrons. The van der Waals surface area contributed by atoms with E-state index in [1.54, 1.807) is 13.3 Å². The van der Waals surface area contributed by atoms with Crippen LogP contribution < -0.4 is 10.1 Å². The lowest BCUT2D eigenvalue weighted by molar-refractivity contribution is -0.132. The van der Waals surface area contributed by atoms with E-state index in [1.807, 2.05) is 54.3 Å². The van der Waals surface area contributed by atoms with Crippen molar-refractivity contribution in [1.29, 1.82) is 5.26 Å². The zero-order valence-electron chi connectivity index (χ0n) is 19.9. The molecule has 1 aliphatic rings. The van der Waals surface area contributed by atoms with E-state index in [0.717, 1.165) is 27.4 Å². The number of thiophene rings is 1. The molecule has 2 amide bonds. The number of anilines is 1. The molecule has 180 valence electrons. The predicted molar refractivity (Wildman–Crippen MR) is 135 cm³/mol. The van der Waals surface area contributed by atoms with E-state index in [-0.39, 0.29) is 24.2 Å². The van der Waals surface area contributed by atoms with Crippen LogP contribution >= 0.6 is 11.3 Å². The summed E-state index contributed by atoms with van der Waals surface area (Å²) >= 11 is 1.40. The molecule has 2 aromatic heterocycles. The van der Waals surface area contributed by atoms with Crippen molar-refractivity contribution < 1.29 is 14.3 Å². The van der Waals surface area contributed by atoms with Crippen LogP contribution in [0.2, 0.25) is 0 Å². The van der Waals surface area contributed by atoms with Gasteiger partial charge in [-0.2, -0.15) is 5.26 Å². The number of ether oxygens (including phenoxy) is 1. The summed E-state index contributed by atoms with van der Waals surface area (Å²) < 4.78 is 5.42. The van der Waals surface area contributed by atoms with Gasteiger partial charge in [0.15, 0.2) is 0 Å². The maximum Gasteiger partial charge on any atom is 0.225 e. The maximum atomic E-state index is 12.8. The number of benzene rings is 1. The number of rotatable bonds is 8. The number of hydrogen-bond acceptors (Lipinski definition) is 6. The average molecular weight is 489 g/mol. The van der Waals surface area contributed by atoms with Gasteiger partial charge in [0.1, 0.15) is 16.8 Å². The van der Waals surface area contributed by atoms with Crippen molar-refractivity contribution in [3.8, 4) is 11.8 Å². The topological polar surface area (TPSA) is 95.3 Å². The molecular formula is C27H28N4O3S. The number of nitrogens with one attached hydrogen (secondary N) is 1. The second kappa shape index (κ2) is 11.2. The van der Waals surface area contributed by atoms with Gasteiger partial charge in [-0.3, -0.25) is 14.6 Å². The largest absolute Gasteiger partial charge is 0.496 e. The molecule has 0 saturated heterocycles. The fourth-order valence-corrected chi connectivity index (χ4v) is 5.63. The van der Waals surface area contributed by atoms with Crippen molar-refractivity contribution in [2.24, 2.45) is 0 Å². The van der Waals surface area contributed by atoms with Gasteiger partial charge in [0, 0.05) is 36.2 Å². The number of para-hydroxylation sites is 1. The SMILES string of the molecule is COc1ccccc1[C@@H](C)CC(=O)Nc1sc2c(c1C#N)CCN(C(=O)CCc1ccccn1)C2. The molecule has 0 spiro atoms. The third kappa shape index (κ3) is 5.69. The van der Waals surface area contributed by atoms with Crippen LogP contribution in [0.5, 0.6) is 5.75 Å². The summed E-state index contributed by atoms with van der Waals surface area (Å²) in [4.78, 5) is 32.7. The zero-order chi connectivity index (χ0) is 24.8. The van der Waals surface area contributed by atoms with E-state index in [9.17, 15) is 14.9 Å². The molecule has 1 atom stereocenters. The van der Waals surface area contributed by atoms with Crippen molar-refractivity contribution >= 4 is 28.2 Å². The van der Waals surface area contributed by atoms with Gasteiger partial charge < -0.3 is 15.0 Å². The first-order valence-corrected chi connectivity index (χ1v) is 12.5. The summed E-state index contributed by atoms with van der Waals surface area (Å²) in [6.07, 6.45) is 3.61. The molecule has 0 aliphatic carbocycles. The van der Waals surface area contributed by atoms with Crippen LogP contribution in [0.15, 0.2) is 48.7 Å². The van der Waals surface area contributed by atoms with Gasteiger partial charge in [0.05, 0.1) is 19.2 Å². The highest BCUT2D eigenvalue weighted by Gasteiger charge is 2.28. The minimum Gasteiger partial charge on any atom is -0.496 e. The summed E-state index contributed by atoms with van der Waals surface area (Å²) in [7, 11) is 1.62. The van der Waals surface area contributed by atoms with Gasteiger partial charge in [0.25, 0.3) is 0 Å². The first-order chi connectivity index (χ1) is 17.0. The van der Waals surface area contributed by atoms with Crippen molar-refractivity contribution in [2.75, 3.05) is 19.0 Å². The number of hydrogen-bond donors (Lipinski definition) is 1. The molecule has 1 aliphatic heterocycles. The highest BCUT2D eigenvalue weighted by Crippen LogP contribution is 2.37. The number of amides is 2. The van der Waals surface area contributed by atoms with Crippen molar-refractivity contribution in [3.63, 3.8) is 0 Å².